The fraction of sp³-hybridized carbons (Fsp3) is 0.107. The Morgan fingerprint density at radius 1 is 0.946 bits per heavy atom. The second-order valence-electron chi connectivity index (χ2n) is 8.19. The lowest BCUT2D eigenvalue weighted by Crippen LogP contribution is -2.08. The van der Waals surface area contributed by atoms with Gasteiger partial charge in [-0.05, 0) is 59.2 Å². The molecule has 188 valence electrons. The van der Waals surface area contributed by atoms with Crippen LogP contribution in [0.2, 0.25) is 0 Å². The Hall–Kier alpha value is -4.66. The third-order valence-electron chi connectivity index (χ3n) is 5.47. The van der Waals surface area contributed by atoms with E-state index in [0.717, 1.165) is 17.7 Å². The van der Waals surface area contributed by atoms with E-state index in [0.29, 0.717) is 16.7 Å². The van der Waals surface area contributed by atoms with Gasteiger partial charge in [0, 0.05) is 36.1 Å². The minimum atomic E-state index is -4.60. The van der Waals surface area contributed by atoms with E-state index in [1.807, 2.05) is 30.3 Å². The first-order valence-electron chi connectivity index (χ1n) is 11.1. The first-order chi connectivity index (χ1) is 17.6. The number of hydrogen-bond acceptors (Lipinski definition) is 4. The number of alkyl halides is 3. The number of anilines is 1. The highest BCUT2D eigenvalue weighted by Crippen LogP contribution is 2.41. The van der Waals surface area contributed by atoms with Crippen LogP contribution in [0.4, 0.5) is 18.9 Å². The summed E-state index contributed by atoms with van der Waals surface area (Å²) in [4.78, 5) is 27.4. The Balaban J connectivity index is 1.87. The third-order valence-corrected chi connectivity index (χ3v) is 5.47. The van der Waals surface area contributed by atoms with Crippen molar-refractivity contribution in [2.75, 3.05) is 5.32 Å². The number of carboxylic acids is 1. The molecule has 0 atom stereocenters. The van der Waals surface area contributed by atoms with Crippen molar-refractivity contribution in [2.45, 2.75) is 19.7 Å². The van der Waals surface area contributed by atoms with Crippen molar-refractivity contribution in [1.29, 1.82) is 0 Å². The number of pyridine rings is 1. The van der Waals surface area contributed by atoms with Gasteiger partial charge in [-0.15, -0.1) is 0 Å². The molecular weight excluding hydrogens is 485 g/mol. The predicted octanol–water partition coefficient (Wildman–Crippen LogP) is 6.67. The van der Waals surface area contributed by atoms with Gasteiger partial charge in [-0.2, -0.15) is 13.2 Å². The number of carboxylic acid groups (broad SMARTS) is 1. The number of ether oxygens (including phenoxy) is 1. The lowest BCUT2D eigenvalue weighted by atomic mass is 9.93. The number of nitrogens with one attached hydrogen (secondary N) is 1. The van der Waals surface area contributed by atoms with Crippen LogP contribution in [-0.2, 0) is 17.6 Å². The number of carbonyl (C=O) groups is 2. The minimum absolute atomic E-state index is 0.103. The van der Waals surface area contributed by atoms with Gasteiger partial charge in [-0.25, -0.2) is 4.79 Å². The molecule has 0 aliphatic carbocycles. The molecule has 3 aromatic carbocycles. The Morgan fingerprint density at radius 2 is 1.70 bits per heavy atom. The first-order valence-corrected chi connectivity index (χ1v) is 11.1. The molecule has 0 bridgehead atoms. The van der Waals surface area contributed by atoms with Crippen LogP contribution in [0.1, 0.15) is 28.4 Å². The fourth-order valence-electron chi connectivity index (χ4n) is 3.82. The van der Waals surface area contributed by atoms with Crippen molar-refractivity contribution in [1.82, 2.24) is 4.98 Å². The van der Waals surface area contributed by atoms with Gasteiger partial charge in [0.25, 0.3) is 0 Å². The van der Waals surface area contributed by atoms with Gasteiger partial charge in [0.15, 0.2) is 0 Å². The van der Waals surface area contributed by atoms with E-state index in [-0.39, 0.29) is 29.2 Å². The maximum atomic E-state index is 13.6. The highest BCUT2D eigenvalue weighted by Gasteiger charge is 2.31. The van der Waals surface area contributed by atoms with Gasteiger partial charge < -0.3 is 15.2 Å². The van der Waals surface area contributed by atoms with E-state index in [4.69, 9.17) is 4.74 Å². The lowest BCUT2D eigenvalue weighted by molar-refractivity contribution is -0.137. The number of aromatic carboxylic acids is 1. The second kappa shape index (κ2) is 10.5. The second-order valence-corrected chi connectivity index (χ2v) is 8.19. The lowest BCUT2D eigenvalue weighted by Gasteiger charge is -2.18. The molecule has 0 spiro atoms. The average Bonchev–Trinajstić information content (AvgIpc) is 2.87. The summed E-state index contributed by atoms with van der Waals surface area (Å²) in [5.74, 6) is -1.43. The Kier molecular flexibility index (Phi) is 7.24. The summed E-state index contributed by atoms with van der Waals surface area (Å²) in [5, 5.41) is 12.1. The highest BCUT2D eigenvalue weighted by atomic mass is 19.4. The smallest absolute Gasteiger partial charge is 0.416 e. The van der Waals surface area contributed by atoms with Crippen LogP contribution in [0.15, 0.2) is 85.2 Å². The predicted molar refractivity (Wildman–Crippen MR) is 132 cm³/mol. The molecule has 6 nitrogen and oxygen atoms in total. The van der Waals surface area contributed by atoms with Gasteiger partial charge in [-0.3, -0.25) is 9.78 Å². The van der Waals surface area contributed by atoms with Gasteiger partial charge >= 0.3 is 12.1 Å². The topological polar surface area (TPSA) is 88.5 Å². The largest absolute Gasteiger partial charge is 0.488 e. The molecule has 2 N–H and O–H groups in total. The zero-order chi connectivity index (χ0) is 26.6. The molecule has 9 heteroatoms. The van der Waals surface area contributed by atoms with Crippen LogP contribution in [0.3, 0.4) is 0 Å². The van der Waals surface area contributed by atoms with Gasteiger partial charge in [-0.1, -0.05) is 30.3 Å². The maximum absolute atomic E-state index is 13.6. The normalized spacial score (nSPS) is 11.1. The van der Waals surface area contributed by atoms with E-state index in [9.17, 15) is 27.9 Å². The number of nitrogens with zero attached hydrogens (tertiary/aromatic N) is 1. The van der Waals surface area contributed by atoms with E-state index in [1.165, 1.54) is 37.5 Å². The molecule has 0 aliphatic rings. The SMILES string of the molecule is CC(=O)Nc1cc(C(=O)O)cc(-c2ccncc2-c2cc(C(F)(F)F)ccc2OCc2ccccc2)c1. The monoisotopic (exact) mass is 506 g/mol. The summed E-state index contributed by atoms with van der Waals surface area (Å²) in [5.41, 5.74) is 1.30. The van der Waals surface area contributed by atoms with E-state index >= 15 is 0 Å². The summed E-state index contributed by atoms with van der Waals surface area (Å²) in [6, 6.07) is 18.1. The zero-order valence-corrected chi connectivity index (χ0v) is 19.5. The Bertz CT molecular complexity index is 1450. The number of aromatic nitrogens is 1. The van der Waals surface area contributed by atoms with E-state index in [1.54, 1.807) is 12.1 Å². The van der Waals surface area contributed by atoms with E-state index in [2.05, 4.69) is 10.3 Å². The number of carbonyl (C=O) groups excluding carboxylic acids is 1. The van der Waals surface area contributed by atoms with Crippen molar-refractivity contribution >= 4 is 17.6 Å². The number of hydrogen-bond donors (Lipinski definition) is 2. The molecule has 4 rings (SSSR count). The molecular formula is C28H21F3N2O4. The number of benzene rings is 3. The van der Waals surface area contributed by atoms with Crippen LogP contribution in [-0.4, -0.2) is 22.0 Å². The van der Waals surface area contributed by atoms with Gasteiger partial charge in [0.2, 0.25) is 5.91 Å². The first kappa shape index (κ1) is 25.4. The van der Waals surface area contributed by atoms with E-state index < -0.39 is 23.6 Å². The minimum Gasteiger partial charge on any atom is -0.488 e. The average molecular weight is 506 g/mol. The zero-order valence-electron chi connectivity index (χ0n) is 19.5. The molecule has 0 aliphatic heterocycles. The maximum Gasteiger partial charge on any atom is 0.416 e. The molecule has 4 aromatic rings. The van der Waals surface area contributed by atoms with Crippen molar-refractivity contribution in [2.24, 2.45) is 0 Å². The van der Waals surface area contributed by atoms with Crippen molar-refractivity contribution in [3.05, 3.63) is 102 Å². The van der Waals surface area contributed by atoms with Crippen LogP contribution in [0.5, 0.6) is 5.75 Å². The standard InChI is InChI=1S/C28H21F3N2O4/c1-17(34)33-22-12-19(11-20(13-22)27(35)36)23-9-10-32-15-25(23)24-14-21(28(29,30)31)7-8-26(24)37-16-18-5-3-2-4-6-18/h2-15H,16H2,1H3,(H,33,34)(H,35,36). The third kappa shape index (κ3) is 6.13. The van der Waals surface area contributed by atoms with Crippen molar-refractivity contribution in [3.63, 3.8) is 0 Å². The number of amides is 1. The summed E-state index contributed by atoms with van der Waals surface area (Å²) < 4.78 is 46.9. The molecule has 0 unspecified atom stereocenters. The van der Waals surface area contributed by atoms with Crippen LogP contribution in [0, 0.1) is 0 Å². The molecule has 1 heterocycles. The van der Waals surface area contributed by atoms with Gasteiger partial charge in [0.1, 0.15) is 12.4 Å². The molecule has 0 saturated carbocycles. The van der Waals surface area contributed by atoms with Crippen LogP contribution < -0.4 is 10.1 Å². The molecule has 0 fully saturated rings. The van der Waals surface area contributed by atoms with Crippen LogP contribution >= 0.6 is 0 Å². The summed E-state index contributed by atoms with van der Waals surface area (Å²) in [6.07, 6.45) is -1.76. The molecule has 0 saturated heterocycles. The summed E-state index contributed by atoms with van der Waals surface area (Å²) >= 11 is 0. The molecule has 1 aromatic heterocycles. The number of halogens is 3. The fourth-order valence-corrected chi connectivity index (χ4v) is 3.82. The quantitative estimate of drug-likeness (QED) is 0.292. The Morgan fingerprint density at radius 3 is 2.38 bits per heavy atom. The van der Waals surface area contributed by atoms with Crippen molar-refractivity contribution < 1.29 is 32.6 Å². The summed E-state index contributed by atoms with van der Waals surface area (Å²) in [6.45, 7) is 1.40. The Labute approximate surface area is 210 Å². The highest BCUT2D eigenvalue weighted by molar-refractivity contribution is 5.96. The molecule has 1 amide bonds. The molecule has 37 heavy (non-hydrogen) atoms. The van der Waals surface area contributed by atoms with Gasteiger partial charge in [0.05, 0.1) is 11.1 Å². The van der Waals surface area contributed by atoms with Crippen LogP contribution in [0.25, 0.3) is 22.3 Å². The molecule has 0 radical (unpaired) electrons. The van der Waals surface area contributed by atoms with Crippen molar-refractivity contribution in [3.8, 4) is 28.0 Å². The summed E-state index contributed by atoms with van der Waals surface area (Å²) in [7, 11) is 0. The number of rotatable bonds is 7.